The minimum absolute atomic E-state index is 0.130. The van der Waals surface area contributed by atoms with Gasteiger partial charge in [-0.3, -0.25) is 14.5 Å². The van der Waals surface area contributed by atoms with Crippen LogP contribution in [0.25, 0.3) is 0 Å². The third kappa shape index (κ3) is 4.28. The predicted octanol–water partition coefficient (Wildman–Crippen LogP) is 0.444. The molecule has 0 spiro atoms. The van der Waals surface area contributed by atoms with Gasteiger partial charge in [0.25, 0.3) is 11.8 Å². The van der Waals surface area contributed by atoms with Gasteiger partial charge in [-0.1, -0.05) is 37.3 Å². The first kappa shape index (κ1) is 20.9. The summed E-state index contributed by atoms with van der Waals surface area (Å²) < 4.78 is 0. The highest BCUT2D eigenvalue weighted by Gasteiger charge is 2.54. The molecule has 10 heteroatoms. The lowest BCUT2D eigenvalue weighted by Crippen LogP contribution is -2.70. The number of hydrogen-bond donors (Lipinski definition) is 4. The van der Waals surface area contributed by atoms with Crippen molar-refractivity contribution < 1.29 is 24.6 Å². The van der Waals surface area contributed by atoms with Gasteiger partial charge in [0.05, 0.1) is 6.21 Å². The number of aliphatic carboxylic acids is 1. The van der Waals surface area contributed by atoms with E-state index in [4.69, 9.17) is 0 Å². The number of hydrazone groups is 1. The third-order valence-electron chi connectivity index (χ3n) is 4.54. The van der Waals surface area contributed by atoms with Crippen LogP contribution < -0.4 is 10.7 Å². The van der Waals surface area contributed by atoms with Gasteiger partial charge in [0.15, 0.2) is 6.10 Å². The molecule has 154 valence electrons. The number of aliphatic hydroxyl groups excluding tert-OH is 1. The van der Waals surface area contributed by atoms with Gasteiger partial charge in [-0.15, -0.1) is 11.8 Å². The van der Waals surface area contributed by atoms with Crippen LogP contribution in [0.1, 0.15) is 25.0 Å². The molecule has 0 aliphatic carbocycles. The normalized spacial score (nSPS) is 22.1. The van der Waals surface area contributed by atoms with Crippen LogP contribution >= 0.6 is 11.8 Å². The van der Waals surface area contributed by atoms with Gasteiger partial charge in [0, 0.05) is 17.9 Å². The Labute approximate surface area is 171 Å². The van der Waals surface area contributed by atoms with E-state index >= 15 is 0 Å². The molecular formula is C19H22N4O5S. The average Bonchev–Trinajstić information content (AvgIpc) is 2.74. The number of carboxylic acid groups (broad SMARTS) is 1. The Hall–Kier alpha value is -2.85. The topological polar surface area (TPSA) is 131 Å². The summed E-state index contributed by atoms with van der Waals surface area (Å²) in [6.07, 6.45) is 0.883. The van der Waals surface area contributed by atoms with Crippen LogP contribution in [0.5, 0.6) is 0 Å². The molecule has 9 nitrogen and oxygen atoms in total. The molecule has 1 fully saturated rings. The van der Waals surface area contributed by atoms with Gasteiger partial charge in [-0.05, 0) is 12.0 Å². The molecule has 3 rings (SSSR count). The van der Waals surface area contributed by atoms with Crippen LogP contribution in [0.2, 0.25) is 0 Å². The Balaban J connectivity index is 1.71. The van der Waals surface area contributed by atoms with Crippen molar-refractivity contribution in [3.8, 4) is 0 Å². The molecule has 4 N–H and O–H groups in total. The number of carbonyl (C=O) groups excluding carboxylic acids is 2. The summed E-state index contributed by atoms with van der Waals surface area (Å²) in [5.74, 6) is -2.12. The number of carboxylic acids is 1. The largest absolute Gasteiger partial charge is 0.477 e. The lowest BCUT2D eigenvalue weighted by molar-refractivity contribution is -0.151. The molecule has 1 saturated heterocycles. The fraction of sp³-hybridized carbons (Fsp3) is 0.368. The van der Waals surface area contributed by atoms with E-state index in [1.165, 1.54) is 18.0 Å². The van der Waals surface area contributed by atoms with Crippen molar-refractivity contribution in [3.63, 3.8) is 0 Å². The van der Waals surface area contributed by atoms with Crippen molar-refractivity contribution in [1.82, 2.24) is 15.6 Å². The number of thioether (sulfide) groups is 1. The number of nitrogens with zero attached hydrogens (tertiary/aromatic N) is 2. The highest BCUT2D eigenvalue weighted by atomic mass is 32.2. The van der Waals surface area contributed by atoms with E-state index in [9.17, 15) is 24.6 Å². The minimum Gasteiger partial charge on any atom is -0.477 e. The zero-order valence-electron chi connectivity index (χ0n) is 15.7. The van der Waals surface area contributed by atoms with Crippen LogP contribution in [0.3, 0.4) is 0 Å². The maximum Gasteiger partial charge on any atom is 0.353 e. The molecule has 1 aromatic rings. The van der Waals surface area contributed by atoms with Gasteiger partial charge in [-0.25, -0.2) is 4.79 Å². The second kappa shape index (κ2) is 9.10. The minimum atomic E-state index is -1.41. The number of aliphatic hydroxyl groups is 1. The van der Waals surface area contributed by atoms with Crippen molar-refractivity contribution in [2.24, 2.45) is 5.10 Å². The summed E-state index contributed by atoms with van der Waals surface area (Å²) in [4.78, 5) is 37.8. The van der Waals surface area contributed by atoms with Gasteiger partial charge < -0.3 is 21.0 Å². The second-order valence-electron chi connectivity index (χ2n) is 6.55. The average molecular weight is 418 g/mol. The molecule has 0 saturated carbocycles. The summed E-state index contributed by atoms with van der Waals surface area (Å²) in [6.45, 7) is 2.63. The number of carbonyl (C=O) groups is 3. The Kier molecular flexibility index (Phi) is 6.55. The van der Waals surface area contributed by atoms with Gasteiger partial charge in [0.2, 0.25) is 0 Å². The zero-order valence-corrected chi connectivity index (χ0v) is 16.6. The van der Waals surface area contributed by atoms with E-state index in [1.54, 1.807) is 30.3 Å². The molecule has 2 aliphatic rings. The molecule has 0 radical (unpaired) electrons. The number of β-lactam (4-membered cyclic amide) rings is 1. The first-order chi connectivity index (χ1) is 14.0. The zero-order chi connectivity index (χ0) is 21.0. The molecule has 2 amide bonds. The van der Waals surface area contributed by atoms with Crippen LogP contribution in [0, 0.1) is 0 Å². The third-order valence-corrected chi connectivity index (χ3v) is 5.84. The molecule has 2 aliphatic heterocycles. The SMILES string of the molecule is CCCNN=CC1=C(C(=O)O)N2C(=O)C(NC(=O)C(O)c3ccccc3)[C@H]2SC1. The lowest BCUT2D eigenvalue weighted by atomic mass is 10.0. The second-order valence-corrected chi connectivity index (χ2v) is 7.66. The van der Waals surface area contributed by atoms with Gasteiger partial charge in [-0.2, -0.15) is 5.10 Å². The summed E-state index contributed by atoms with van der Waals surface area (Å²) in [5.41, 5.74) is 3.51. The van der Waals surface area contributed by atoms with E-state index in [-0.39, 0.29) is 5.70 Å². The Morgan fingerprint density at radius 2 is 2.10 bits per heavy atom. The van der Waals surface area contributed by atoms with Crippen molar-refractivity contribution in [2.45, 2.75) is 30.9 Å². The van der Waals surface area contributed by atoms with Crippen molar-refractivity contribution in [3.05, 3.63) is 47.2 Å². The summed E-state index contributed by atoms with van der Waals surface area (Å²) in [7, 11) is 0. The van der Waals surface area contributed by atoms with E-state index < -0.39 is 35.3 Å². The van der Waals surface area contributed by atoms with E-state index in [1.807, 2.05) is 6.92 Å². The number of hydrogen-bond acceptors (Lipinski definition) is 7. The van der Waals surface area contributed by atoms with Crippen molar-refractivity contribution in [2.75, 3.05) is 12.3 Å². The Bertz CT molecular complexity index is 857. The van der Waals surface area contributed by atoms with Gasteiger partial charge >= 0.3 is 5.97 Å². The highest BCUT2D eigenvalue weighted by Crippen LogP contribution is 2.40. The predicted molar refractivity (Wildman–Crippen MR) is 108 cm³/mol. The van der Waals surface area contributed by atoms with E-state index in [0.29, 0.717) is 23.4 Å². The van der Waals surface area contributed by atoms with Crippen molar-refractivity contribution in [1.29, 1.82) is 0 Å². The molecule has 29 heavy (non-hydrogen) atoms. The van der Waals surface area contributed by atoms with Crippen LogP contribution in [0.4, 0.5) is 0 Å². The maximum atomic E-state index is 12.6. The van der Waals surface area contributed by atoms with Crippen LogP contribution in [-0.2, 0) is 14.4 Å². The quantitative estimate of drug-likeness (QED) is 0.209. The Morgan fingerprint density at radius 1 is 1.38 bits per heavy atom. The summed E-state index contributed by atoms with van der Waals surface area (Å²) >= 11 is 1.34. The fourth-order valence-corrected chi connectivity index (χ4v) is 4.36. The molecule has 0 bridgehead atoms. The summed E-state index contributed by atoms with van der Waals surface area (Å²) in [5, 5.41) is 25.8. The number of amides is 2. The lowest BCUT2D eigenvalue weighted by Gasteiger charge is -2.49. The smallest absolute Gasteiger partial charge is 0.353 e. The summed E-state index contributed by atoms with van der Waals surface area (Å²) in [6, 6.07) is 7.48. The maximum absolute atomic E-state index is 12.6. The monoisotopic (exact) mass is 418 g/mol. The highest BCUT2D eigenvalue weighted by molar-refractivity contribution is 8.00. The first-order valence-electron chi connectivity index (χ1n) is 9.16. The molecular weight excluding hydrogens is 396 g/mol. The number of benzene rings is 1. The van der Waals surface area contributed by atoms with E-state index in [2.05, 4.69) is 15.8 Å². The van der Waals surface area contributed by atoms with E-state index in [0.717, 1.165) is 11.3 Å². The molecule has 2 heterocycles. The number of nitrogens with one attached hydrogen (secondary N) is 2. The van der Waals surface area contributed by atoms with Crippen LogP contribution in [0.15, 0.2) is 46.7 Å². The standard InChI is InChI=1S/C19H22N4O5S/c1-2-8-20-21-9-12-10-29-18-13(17(26)23(18)14(12)19(27)28)22-16(25)15(24)11-6-4-3-5-7-11/h3-7,9,13,15,18,20,24H,2,8,10H2,1H3,(H,22,25)(H,27,28)/t13?,15?,18-/m1/s1. The fourth-order valence-electron chi connectivity index (χ4n) is 3.06. The molecule has 1 aromatic carbocycles. The molecule has 2 unspecified atom stereocenters. The molecule has 3 atom stereocenters. The number of rotatable bonds is 8. The molecule has 0 aromatic heterocycles. The first-order valence-corrected chi connectivity index (χ1v) is 10.2. The van der Waals surface area contributed by atoms with Crippen molar-refractivity contribution >= 4 is 35.8 Å². The van der Waals surface area contributed by atoms with Gasteiger partial charge in [0.1, 0.15) is 17.1 Å². The Morgan fingerprint density at radius 3 is 2.76 bits per heavy atom. The van der Waals surface area contributed by atoms with Crippen LogP contribution in [-0.4, -0.2) is 62.8 Å². The number of fused-ring (bicyclic) bond motifs is 1.